The molecular formula is C37H49F3N6O3. The van der Waals surface area contributed by atoms with Gasteiger partial charge in [0, 0.05) is 67.1 Å². The minimum absolute atomic E-state index is 0.0288. The van der Waals surface area contributed by atoms with Crippen LogP contribution in [0.3, 0.4) is 0 Å². The van der Waals surface area contributed by atoms with Crippen molar-refractivity contribution >= 4 is 28.4 Å². The largest absolute Gasteiger partial charge is 0.444 e. The van der Waals surface area contributed by atoms with Gasteiger partial charge in [-0.2, -0.15) is 0 Å². The number of amides is 1. The van der Waals surface area contributed by atoms with E-state index in [2.05, 4.69) is 40.0 Å². The second kappa shape index (κ2) is 13.5. The highest BCUT2D eigenvalue weighted by Crippen LogP contribution is 2.39. The van der Waals surface area contributed by atoms with E-state index in [0.717, 1.165) is 50.2 Å². The zero-order chi connectivity index (χ0) is 35.2. The molecule has 4 heterocycles. The second-order valence-electron chi connectivity index (χ2n) is 15.3. The monoisotopic (exact) mass is 682 g/mol. The van der Waals surface area contributed by atoms with E-state index >= 15 is 13.2 Å². The molecule has 6 rings (SSSR count). The topological polar surface area (TPSA) is 82.9 Å². The first kappa shape index (κ1) is 35.0. The van der Waals surface area contributed by atoms with Crippen LogP contribution in [-0.2, 0) is 11.3 Å². The Hall–Kier alpha value is -3.80. The molecule has 0 unspecified atom stereocenters. The number of carbonyl (C=O) groups is 1. The summed E-state index contributed by atoms with van der Waals surface area (Å²) in [7, 11) is 0. The summed E-state index contributed by atoms with van der Waals surface area (Å²) in [5.74, 6) is -4.05. The molecule has 12 heteroatoms. The first-order valence-corrected chi connectivity index (χ1v) is 17.5. The van der Waals surface area contributed by atoms with E-state index in [1.165, 1.54) is 11.0 Å². The number of hydrogen-bond acceptors (Lipinski definition) is 7. The molecule has 0 spiro atoms. The number of alkyl carbamates (subject to hydrolysis) is 1. The van der Waals surface area contributed by atoms with E-state index in [1.54, 1.807) is 26.8 Å². The van der Waals surface area contributed by atoms with Gasteiger partial charge in [-0.3, -0.25) is 14.7 Å². The van der Waals surface area contributed by atoms with Gasteiger partial charge in [-0.1, -0.05) is 0 Å². The van der Waals surface area contributed by atoms with Crippen LogP contribution in [0.1, 0.15) is 84.0 Å². The third kappa shape index (κ3) is 7.84. The van der Waals surface area contributed by atoms with Crippen LogP contribution in [0.2, 0.25) is 0 Å². The fourth-order valence-corrected chi connectivity index (χ4v) is 7.24. The highest BCUT2D eigenvalue weighted by Gasteiger charge is 2.46. The van der Waals surface area contributed by atoms with Crippen LogP contribution in [0.5, 0.6) is 0 Å². The molecule has 2 atom stereocenters. The van der Waals surface area contributed by atoms with Crippen molar-refractivity contribution in [3.63, 3.8) is 0 Å². The Morgan fingerprint density at radius 2 is 1.88 bits per heavy atom. The number of pyridine rings is 2. The Balaban J connectivity index is 1.25. The summed E-state index contributed by atoms with van der Waals surface area (Å²) >= 11 is 0. The van der Waals surface area contributed by atoms with Gasteiger partial charge in [-0.05, 0) is 97.9 Å². The fraction of sp³-hybridized carbons (Fsp3) is 0.595. The molecule has 1 N–H and O–H groups in total. The maximum atomic E-state index is 15.9. The second-order valence-corrected chi connectivity index (χ2v) is 15.3. The van der Waals surface area contributed by atoms with E-state index in [9.17, 15) is 9.59 Å². The number of carbonyl (C=O) groups excluding carboxylic acids is 1. The predicted molar refractivity (Wildman–Crippen MR) is 186 cm³/mol. The number of ether oxygens (including phenoxy) is 1. The third-order valence-corrected chi connectivity index (χ3v) is 9.89. The summed E-state index contributed by atoms with van der Waals surface area (Å²) in [6, 6.07) is 6.02. The number of hydrogen-bond donors (Lipinski definition) is 1. The Kier molecular flexibility index (Phi) is 9.65. The first-order valence-electron chi connectivity index (χ1n) is 17.5. The number of fused-ring (bicyclic) bond motifs is 1. The molecule has 0 bridgehead atoms. The van der Waals surface area contributed by atoms with Crippen LogP contribution in [0, 0.1) is 12.7 Å². The van der Waals surface area contributed by atoms with Gasteiger partial charge in [-0.25, -0.2) is 18.0 Å². The quantitative estimate of drug-likeness (QED) is 0.280. The lowest BCUT2D eigenvalue weighted by Gasteiger charge is -2.42. The molecule has 3 aliphatic rings. The van der Waals surface area contributed by atoms with E-state index in [0.29, 0.717) is 17.6 Å². The highest BCUT2D eigenvalue weighted by molar-refractivity contribution is 5.84. The lowest BCUT2D eigenvalue weighted by Crippen LogP contribution is -2.59. The van der Waals surface area contributed by atoms with Gasteiger partial charge in [0.15, 0.2) is 5.43 Å². The number of anilines is 2. The van der Waals surface area contributed by atoms with Gasteiger partial charge in [0.1, 0.15) is 11.4 Å². The number of nitrogens with one attached hydrogen (secondary N) is 1. The molecule has 3 aromatic rings. The van der Waals surface area contributed by atoms with Crippen LogP contribution in [0.25, 0.3) is 10.9 Å². The number of piperidine rings is 2. The molecule has 1 saturated carbocycles. The molecule has 1 aromatic carbocycles. The normalized spacial score (nSPS) is 21.4. The summed E-state index contributed by atoms with van der Waals surface area (Å²) in [5, 5.41) is 2.56. The van der Waals surface area contributed by atoms with Gasteiger partial charge in [0.05, 0.1) is 35.7 Å². The minimum atomic E-state index is -3.33. The summed E-state index contributed by atoms with van der Waals surface area (Å²) in [6.45, 7) is 12.8. The Morgan fingerprint density at radius 1 is 1.12 bits per heavy atom. The molecule has 0 radical (unpaired) electrons. The molecule has 2 aliphatic heterocycles. The number of nitrogens with zero attached hydrogens (tertiary/aromatic N) is 5. The summed E-state index contributed by atoms with van der Waals surface area (Å²) in [5.41, 5.74) is 2.20. The summed E-state index contributed by atoms with van der Waals surface area (Å²) < 4.78 is 53.8. The summed E-state index contributed by atoms with van der Waals surface area (Å²) in [4.78, 5) is 36.8. The van der Waals surface area contributed by atoms with Crippen molar-refractivity contribution in [3.8, 4) is 0 Å². The van der Waals surface area contributed by atoms with E-state index < -0.39 is 36.0 Å². The van der Waals surface area contributed by atoms with Crippen molar-refractivity contribution in [2.75, 3.05) is 36.0 Å². The Labute approximate surface area is 286 Å². The van der Waals surface area contributed by atoms with E-state index in [4.69, 9.17) is 4.74 Å². The van der Waals surface area contributed by atoms with Crippen molar-refractivity contribution in [1.82, 2.24) is 19.8 Å². The molecule has 1 amide bonds. The molecule has 1 aliphatic carbocycles. The van der Waals surface area contributed by atoms with Crippen LogP contribution in [0.15, 0.2) is 41.5 Å². The standard InChI is InChI=1S/C37H49F3N6O3/c1-23(2)45(28-8-7-14-43(21-28)27-10-9-24(3)41-18-27)19-25-20-46(26-11-12-26)31-17-32(30(38)16-29(31)34(25)47)44-15-13-33(37(39,40)22-44)42-35(48)49-36(4,5)6/h9-10,16-18,20,23,26,28,33H,7-8,11-15,19,21-22H2,1-6H3,(H,42,48)/t28-,33-/m0/s1. The molecule has 2 saturated heterocycles. The zero-order valence-corrected chi connectivity index (χ0v) is 29.4. The zero-order valence-electron chi connectivity index (χ0n) is 29.4. The van der Waals surface area contributed by atoms with Crippen molar-refractivity contribution in [2.24, 2.45) is 0 Å². The smallest absolute Gasteiger partial charge is 0.408 e. The predicted octanol–water partition coefficient (Wildman–Crippen LogP) is 6.80. The van der Waals surface area contributed by atoms with Gasteiger partial charge in [0.2, 0.25) is 0 Å². The lowest BCUT2D eigenvalue weighted by molar-refractivity contribution is -0.0459. The Morgan fingerprint density at radius 3 is 2.51 bits per heavy atom. The number of rotatable bonds is 8. The molecule has 3 fully saturated rings. The van der Waals surface area contributed by atoms with Crippen LogP contribution in [-0.4, -0.2) is 76.4 Å². The van der Waals surface area contributed by atoms with E-state index in [-0.39, 0.29) is 47.6 Å². The average molecular weight is 683 g/mol. The molecule has 266 valence electrons. The molecule has 2 aromatic heterocycles. The number of aromatic nitrogens is 2. The van der Waals surface area contributed by atoms with Crippen molar-refractivity contribution in [3.05, 3.63) is 64.0 Å². The van der Waals surface area contributed by atoms with Gasteiger partial charge < -0.3 is 24.4 Å². The average Bonchev–Trinajstić information content (AvgIpc) is 3.87. The first-order chi connectivity index (χ1) is 23.1. The fourth-order valence-electron chi connectivity index (χ4n) is 7.24. The summed E-state index contributed by atoms with van der Waals surface area (Å²) in [6.07, 6.45) is 6.71. The Bertz CT molecular complexity index is 1730. The number of aryl methyl sites for hydroxylation is 1. The lowest BCUT2D eigenvalue weighted by atomic mass is 9.99. The SMILES string of the molecule is Cc1ccc(N2CCC[C@H](N(Cc3cn(C4CC4)c4cc(N5CC[C@H](NC(=O)OC(C)(C)C)C(F)(F)C5)c(F)cc4c3=O)C(C)C)C2)cn1. The van der Waals surface area contributed by atoms with Crippen molar-refractivity contribution in [2.45, 2.75) is 116 Å². The van der Waals surface area contributed by atoms with Crippen molar-refractivity contribution < 1.29 is 22.7 Å². The molecule has 9 nitrogen and oxygen atoms in total. The van der Waals surface area contributed by atoms with E-state index in [1.807, 2.05) is 30.0 Å². The van der Waals surface area contributed by atoms with Gasteiger partial charge in [0.25, 0.3) is 5.92 Å². The maximum Gasteiger partial charge on any atom is 0.408 e. The maximum absolute atomic E-state index is 15.9. The van der Waals surface area contributed by atoms with Gasteiger partial charge >= 0.3 is 6.09 Å². The van der Waals surface area contributed by atoms with Crippen LogP contribution >= 0.6 is 0 Å². The number of benzene rings is 1. The van der Waals surface area contributed by atoms with Crippen LogP contribution < -0.4 is 20.5 Å². The van der Waals surface area contributed by atoms with Crippen LogP contribution in [0.4, 0.5) is 29.3 Å². The number of halogens is 3. The third-order valence-electron chi connectivity index (χ3n) is 9.89. The molecule has 49 heavy (non-hydrogen) atoms. The minimum Gasteiger partial charge on any atom is -0.444 e. The number of alkyl halides is 2. The van der Waals surface area contributed by atoms with Crippen molar-refractivity contribution in [1.29, 1.82) is 0 Å². The molecular weight excluding hydrogens is 633 g/mol. The van der Waals surface area contributed by atoms with Gasteiger partial charge in [-0.15, -0.1) is 0 Å². The highest BCUT2D eigenvalue weighted by atomic mass is 19.3.